The first kappa shape index (κ1) is 13.3. The van der Waals surface area contributed by atoms with Crippen LogP contribution >= 0.6 is 15.9 Å². The van der Waals surface area contributed by atoms with Crippen LogP contribution in [0.15, 0.2) is 22.7 Å². The number of rotatable bonds is 4. The summed E-state index contributed by atoms with van der Waals surface area (Å²) in [5.74, 6) is -0.993. The van der Waals surface area contributed by atoms with E-state index in [1.54, 1.807) is 6.07 Å². The van der Waals surface area contributed by atoms with E-state index in [1.807, 2.05) is 0 Å². The van der Waals surface area contributed by atoms with Crippen LogP contribution in [0.2, 0.25) is 0 Å². The van der Waals surface area contributed by atoms with Gasteiger partial charge in [-0.15, -0.1) is 0 Å². The van der Waals surface area contributed by atoms with Crippen molar-refractivity contribution < 1.29 is 15.0 Å². The van der Waals surface area contributed by atoms with Crippen molar-refractivity contribution in [3.8, 4) is 0 Å². The van der Waals surface area contributed by atoms with Crippen molar-refractivity contribution in [3.63, 3.8) is 0 Å². The average molecular weight is 315 g/mol. The molecular formula is C12H15BrN2O3. The van der Waals surface area contributed by atoms with Crippen molar-refractivity contribution in [1.82, 2.24) is 5.32 Å². The van der Waals surface area contributed by atoms with Crippen molar-refractivity contribution in [2.45, 2.75) is 25.1 Å². The fraction of sp³-hybridized carbons (Fsp3) is 0.417. The first-order valence-corrected chi connectivity index (χ1v) is 6.57. The van der Waals surface area contributed by atoms with E-state index in [0.717, 1.165) is 19.4 Å². The lowest BCUT2D eigenvalue weighted by atomic mass is 10.1. The number of anilines is 1. The van der Waals surface area contributed by atoms with E-state index < -0.39 is 12.2 Å². The van der Waals surface area contributed by atoms with Crippen LogP contribution < -0.4 is 10.6 Å². The number of benzene rings is 1. The quantitative estimate of drug-likeness (QED) is 0.635. The predicted molar refractivity (Wildman–Crippen MR) is 71.8 cm³/mol. The zero-order chi connectivity index (χ0) is 13.1. The number of carbonyl (C=O) groups is 1. The maximum absolute atomic E-state index is 10.9. The second-order valence-electron chi connectivity index (χ2n) is 4.33. The number of carboxylic acids is 1. The van der Waals surface area contributed by atoms with Gasteiger partial charge in [0.05, 0.1) is 11.6 Å². The van der Waals surface area contributed by atoms with Crippen molar-refractivity contribution in [2.24, 2.45) is 0 Å². The fourth-order valence-corrected chi connectivity index (χ4v) is 2.54. The van der Waals surface area contributed by atoms with E-state index in [4.69, 9.17) is 5.11 Å². The molecule has 5 nitrogen and oxygen atoms in total. The molecule has 2 atom stereocenters. The van der Waals surface area contributed by atoms with E-state index in [0.29, 0.717) is 10.2 Å². The summed E-state index contributed by atoms with van der Waals surface area (Å²) in [5, 5.41) is 25.1. The summed E-state index contributed by atoms with van der Waals surface area (Å²) in [6, 6.07) is 4.78. The lowest BCUT2D eigenvalue weighted by Crippen LogP contribution is -2.39. The zero-order valence-electron chi connectivity index (χ0n) is 9.69. The number of aliphatic hydroxyl groups excluding tert-OH is 1. The molecular weight excluding hydrogens is 300 g/mol. The first-order chi connectivity index (χ1) is 8.56. The molecule has 4 N–H and O–H groups in total. The normalized spacial score (nSPS) is 20.7. The summed E-state index contributed by atoms with van der Waals surface area (Å²) in [6.07, 6.45) is 1.24. The van der Waals surface area contributed by atoms with Crippen LogP contribution in [0.5, 0.6) is 0 Å². The highest BCUT2D eigenvalue weighted by Gasteiger charge is 2.22. The van der Waals surface area contributed by atoms with Crippen molar-refractivity contribution in [1.29, 1.82) is 0 Å². The maximum Gasteiger partial charge on any atom is 0.335 e. The topological polar surface area (TPSA) is 81.6 Å². The average Bonchev–Trinajstić information content (AvgIpc) is 2.81. The van der Waals surface area contributed by atoms with Gasteiger partial charge in [-0.1, -0.05) is 15.9 Å². The Morgan fingerprint density at radius 1 is 1.50 bits per heavy atom. The van der Waals surface area contributed by atoms with Gasteiger partial charge < -0.3 is 20.8 Å². The molecule has 0 saturated carbocycles. The van der Waals surface area contributed by atoms with E-state index >= 15 is 0 Å². The molecule has 1 aliphatic rings. The molecule has 1 aliphatic heterocycles. The Labute approximate surface area is 113 Å². The second kappa shape index (κ2) is 5.69. The van der Waals surface area contributed by atoms with Crippen LogP contribution in [-0.4, -0.2) is 35.0 Å². The molecule has 1 fully saturated rings. The van der Waals surface area contributed by atoms with Gasteiger partial charge in [0.2, 0.25) is 0 Å². The van der Waals surface area contributed by atoms with Crippen LogP contribution in [0.3, 0.4) is 0 Å². The number of halogens is 1. The molecule has 2 unspecified atom stereocenters. The SMILES string of the molecule is O=C(O)c1cc(Br)cc(NC(O)C2CCCN2)c1. The molecule has 1 aromatic rings. The Morgan fingerprint density at radius 2 is 2.28 bits per heavy atom. The largest absolute Gasteiger partial charge is 0.478 e. The van der Waals surface area contributed by atoms with E-state index in [1.165, 1.54) is 12.1 Å². The van der Waals surface area contributed by atoms with Gasteiger partial charge in [0.25, 0.3) is 0 Å². The highest BCUT2D eigenvalue weighted by molar-refractivity contribution is 9.10. The Kier molecular flexibility index (Phi) is 4.21. The van der Waals surface area contributed by atoms with Gasteiger partial charge in [-0.05, 0) is 37.6 Å². The second-order valence-corrected chi connectivity index (χ2v) is 5.24. The van der Waals surface area contributed by atoms with Gasteiger partial charge >= 0.3 is 5.97 Å². The molecule has 0 amide bonds. The van der Waals surface area contributed by atoms with Gasteiger partial charge in [-0.25, -0.2) is 4.79 Å². The molecule has 0 bridgehead atoms. The number of hydrogen-bond acceptors (Lipinski definition) is 4. The predicted octanol–water partition coefficient (Wildman–Crippen LogP) is 1.63. The van der Waals surface area contributed by atoms with Crippen molar-refractivity contribution in [2.75, 3.05) is 11.9 Å². The molecule has 1 saturated heterocycles. The summed E-state index contributed by atoms with van der Waals surface area (Å²) in [5.41, 5.74) is 0.765. The highest BCUT2D eigenvalue weighted by Crippen LogP contribution is 2.21. The first-order valence-electron chi connectivity index (χ1n) is 5.78. The molecule has 0 spiro atoms. The van der Waals surface area contributed by atoms with Crippen molar-refractivity contribution in [3.05, 3.63) is 28.2 Å². The summed E-state index contributed by atoms with van der Waals surface area (Å²) < 4.78 is 0.663. The molecule has 98 valence electrons. The Hall–Kier alpha value is -1.11. The summed E-state index contributed by atoms with van der Waals surface area (Å²) in [6.45, 7) is 0.905. The Morgan fingerprint density at radius 3 is 2.89 bits per heavy atom. The van der Waals surface area contributed by atoms with Crippen LogP contribution in [-0.2, 0) is 0 Å². The minimum absolute atomic E-state index is 0.0114. The number of carboxylic acid groups (broad SMARTS) is 1. The van der Waals surface area contributed by atoms with Gasteiger partial charge in [-0.2, -0.15) is 0 Å². The molecule has 0 aliphatic carbocycles. The van der Waals surface area contributed by atoms with Gasteiger partial charge in [0.1, 0.15) is 6.23 Å². The molecule has 18 heavy (non-hydrogen) atoms. The third kappa shape index (κ3) is 3.22. The summed E-state index contributed by atoms with van der Waals surface area (Å²) in [4.78, 5) is 10.9. The minimum atomic E-state index is -0.993. The molecule has 1 aromatic carbocycles. The van der Waals surface area contributed by atoms with Gasteiger partial charge in [0, 0.05) is 10.2 Å². The molecule has 2 rings (SSSR count). The van der Waals surface area contributed by atoms with E-state index in [-0.39, 0.29) is 11.6 Å². The van der Waals surface area contributed by atoms with Crippen molar-refractivity contribution >= 4 is 27.6 Å². The smallest absolute Gasteiger partial charge is 0.335 e. The fourth-order valence-electron chi connectivity index (χ4n) is 2.05. The summed E-state index contributed by atoms with van der Waals surface area (Å²) in [7, 11) is 0. The van der Waals surface area contributed by atoms with E-state index in [2.05, 4.69) is 26.6 Å². The third-order valence-corrected chi connectivity index (χ3v) is 3.40. The van der Waals surface area contributed by atoms with Crippen LogP contribution in [0.1, 0.15) is 23.2 Å². The van der Waals surface area contributed by atoms with Gasteiger partial charge in [-0.3, -0.25) is 0 Å². The van der Waals surface area contributed by atoms with Crippen LogP contribution in [0, 0.1) is 0 Å². The Balaban J connectivity index is 2.10. The Bertz CT molecular complexity index is 447. The monoisotopic (exact) mass is 314 g/mol. The third-order valence-electron chi connectivity index (χ3n) is 2.94. The lowest BCUT2D eigenvalue weighted by molar-refractivity contribution is 0.0696. The standard InChI is InChI=1S/C12H15BrN2O3/c13-8-4-7(12(17)18)5-9(6-8)15-11(16)10-2-1-3-14-10/h4-6,10-11,14-16H,1-3H2,(H,17,18). The molecule has 0 radical (unpaired) electrons. The van der Waals surface area contributed by atoms with Crippen LogP contribution in [0.4, 0.5) is 5.69 Å². The number of aliphatic hydroxyl groups is 1. The van der Waals surface area contributed by atoms with E-state index in [9.17, 15) is 9.90 Å². The number of aromatic carboxylic acids is 1. The van der Waals surface area contributed by atoms with Crippen LogP contribution in [0.25, 0.3) is 0 Å². The zero-order valence-corrected chi connectivity index (χ0v) is 11.3. The highest BCUT2D eigenvalue weighted by atomic mass is 79.9. The minimum Gasteiger partial charge on any atom is -0.478 e. The molecule has 0 aromatic heterocycles. The maximum atomic E-state index is 10.9. The van der Waals surface area contributed by atoms with Gasteiger partial charge in [0.15, 0.2) is 0 Å². The molecule has 1 heterocycles. The lowest BCUT2D eigenvalue weighted by Gasteiger charge is -2.21. The molecule has 6 heteroatoms. The number of hydrogen-bond donors (Lipinski definition) is 4. The summed E-state index contributed by atoms with van der Waals surface area (Å²) >= 11 is 3.25. The number of nitrogens with one attached hydrogen (secondary N) is 2.